The normalized spacial score (nSPS) is 18.4. The number of likely N-dealkylation sites (tertiary alicyclic amines) is 1. The third-order valence-electron chi connectivity index (χ3n) is 3.47. The Hall–Kier alpha value is -1.06. The molecule has 1 fully saturated rings. The van der Waals surface area contributed by atoms with Gasteiger partial charge in [-0.25, -0.2) is 0 Å². The highest BCUT2D eigenvalue weighted by Crippen LogP contribution is 2.23. The van der Waals surface area contributed by atoms with Crippen molar-refractivity contribution in [2.45, 2.75) is 45.8 Å². The second kappa shape index (κ2) is 7.51. The second-order valence-corrected chi connectivity index (χ2v) is 5.12. The van der Waals surface area contributed by atoms with E-state index < -0.39 is 5.60 Å². The lowest BCUT2D eigenvalue weighted by atomic mass is 9.93. The Morgan fingerprint density at radius 2 is 1.89 bits per heavy atom. The number of hydrogen-bond donors (Lipinski definition) is 1. The summed E-state index contributed by atoms with van der Waals surface area (Å²) in [6.45, 7) is 8.79. The fourth-order valence-electron chi connectivity index (χ4n) is 2.22. The molecular formula is C16H27NO2. The Balaban J connectivity index is 0.000000861. The number of aliphatic hydroxyl groups is 1. The molecular weight excluding hydrogens is 238 g/mol. The van der Waals surface area contributed by atoms with E-state index in [1.54, 1.807) is 7.11 Å². The molecule has 0 amide bonds. The minimum Gasteiger partial charge on any atom is -0.497 e. The average Bonchev–Trinajstić information content (AvgIpc) is 2.44. The van der Waals surface area contributed by atoms with Crippen molar-refractivity contribution in [1.29, 1.82) is 0 Å². The average molecular weight is 265 g/mol. The van der Waals surface area contributed by atoms with Crippen LogP contribution in [-0.4, -0.2) is 35.8 Å². The first-order chi connectivity index (χ1) is 9.09. The van der Waals surface area contributed by atoms with Crippen LogP contribution in [0.1, 0.15) is 39.2 Å². The first-order valence-electron chi connectivity index (χ1n) is 7.17. The summed E-state index contributed by atoms with van der Waals surface area (Å²) in [5.41, 5.74) is 0.802. The molecule has 1 aromatic carbocycles. The van der Waals surface area contributed by atoms with Gasteiger partial charge in [0.15, 0.2) is 0 Å². The summed E-state index contributed by atoms with van der Waals surface area (Å²) in [6, 6.07) is 8.18. The minimum atomic E-state index is -0.467. The van der Waals surface area contributed by atoms with E-state index in [-0.39, 0.29) is 0 Å². The highest BCUT2D eigenvalue weighted by atomic mass is 16.5. The molecule has 0 spiro atoms. The molecule has 19 heavy (non-hydrogen) atoms. The van der Waals surface area contributed by atoms with Crippen LogP contribution in [0.5, 0.6) is 5.75 Å². The van der Waals surface area contributed by atoms with E-state index in [2.05, 4.69) is 17.0 Å². The fraction of sp³-hybridized carbons (Fsp3) is 0.625. The smallest absolute Gasteiger partial charge is 0.119 e. The monoisotopic (exact) mass is 265 g/mol. The van der Waals surface area contributed by atoms with Crippen LogP contribution < -0.4 is 4.74 Å². The number of rotatable bonds is 3. The van der Waals surface area contributed by atoms with Crippen LogP contribution >= 0.6 is 0 Å². The molecule has 3 nitrogen and oxygen atoms in total. The van der Waals surface area contributed by atoms with Crippen LogP contribution in [-0.2, 0) is 6.54 Å². The quantitative estimate of drug-likeness (QED) is 0.911. The highest BCUT2D eigenvalue weighted by Gasteiger charge is 2.26. The topological polar surface area (TPSA) is 32.7 Å². The molecule has 0 saturated carbocycles. The number of piperidine rings is 1. The third kappa shape index (κ3) is 5.21. The first kappa shape index (κ1) is 16.0. The molecule has 1 heterocycles. The van der Waals surface area contributed by atoms with Crippen molar-refractivity contribution in [3.63, 3.8) is 0 Å². The molecule has 0 radical (unpaired) electrons. The molecule has 1 saturated heterocycles. The van der Waals surface area contributed by atoms with E-state index >= 15 is 0 Å². The zero-order chi connectivity index (χ0) is 14.3. The maximum Gasteiger partial charge on any atom is 0.119 e. The van der Waals surface area contributed by atoms with Crippen molar-refractivity contribution in [1.82, 2.24) is 4.90 Å². The van der Waals surface area contributed by atoms with Gasteiger partial charge in [-0.3, -0.25) is 4.90 Å². The largest absolute Gasteiger partial charge is 0.497 e. The van der Waals surface area contributed by atoms with Crippen LogP contribution in [0.15, 0.2) is 24.3 Å². The standard InChI is InChI=1S/C14H21NO2.C2H6/c1-14(16)6-8-15(9-7-14)11-12-4-3-5-13(10-12)17-2;1-2/h3-5,10,16H,6-9,11H2,1-2H3;1-2H3. The number of nitrogens with zero attached hydrogens (tertiary/aromatic N) is 1. The molecule has 0 unspecified atom stereocenters. The lowest BCUT2D eigenvalue weighted by Crippen LogP contribution is -2.41. The lowest BCUT2D eigenvalue weighted by Gasteiger charge is -2.35. The summed E-state index contributed by atoms with van der Waals surface area (Å²) < 4.78 is 5.22. The first-order valence-corrected chi connectivity index (χ1v) is 7.17. The van der Waals surface area contributed by atoms with Crippen molar-refractivity contribution >= 4 is 0 Å². The van der Waals surface area contributed by atoms with Gasteiger partial charge in [-0.2, -0.15) is 0 Å². The SMILES string of the molecule is CC.COc1cccc(CN2CCC(C)(O)CC2)c1. The molecule has 1 aromatic rings. The summed E-state index contributed by atoms with van der Waals surface area (Å²) >= 11 is 0. The Labute approximate surface area is 117 Å². The van der Waals surface area contributed by atoms with E-state index in [9.17, 15) is 5.11 Å². The zero-order valence-corrected chi connectivity index (χ0v) is 12.6. The molecule has 1 aliphatic heterocycles. The van der Waals surface area contributed by atoms with Gasteiger partial charge in [0.1, 0.15) is 5.75 Å². The molecule has 1 aliphatic rings. The Morgan fingerprint density at radius 1 is 1.26 bits per heavy atom. The van der Waals surface area contributed by atoms with Gasteiger partial charge in [0.05, 0.1) is 12.7 Å². The van der Waals surface area contributed by atoms with Gasteiger partial charge in [-0.1, -0.05) is 26.0 Å². The Bertz CT molecular complexity index is 367. The van der Waals surface area contributed by atoms with Crippen LogP contribution in [0.3, 0.4) is 0 Å². The van der Waals surface area contributed by atoms with E-state index in [1.165, 1.54) is 5.56 Å². The zero-order valence-electron chi connectivity index (χ0n) is 12.6. The summed E-state index contributed by atoms with van der Waals surface area (Å²) in [4.78, 5) is 2.38. The van der Waals surface area contributed by atoms with Gasteiger partial charge in [0, 0.05) is 19.6 Å². The van der Waals surface area contributed by atoms with Crippen LogP contribution in [0, 0.1) is 0 Å². The van der Waals surface area contributed by atoms with Gasteiger partial charge in [-0.15, -0.1) is 0 Å². The van der Waals surface area contributed by atoms with Crippen LogP contribution in [0.2, 0.25) is 0 Å². The Morgan fingerprint density at radius 3 is 2.47 bits per heavy atom. The Kier molecular flexibility index (Phi) is 6.32. The molecule has 0 aliphatic carbocycles. The van der Waals surface area contributed by atoms with E-state index in [1.807, 2.05) is 32.9 Å². The van der Waals surface area contributed by atoms with Crippen molar-refractivity contribution in [2.75, 3.05) is 20.2 Å². The highest BCUT2D eigenvalue weighted by molar-refractivity contribution is 5.28. The molecule has 1 N–H and O–H groups in total. The summed E-state index contributed by atoms with van der Waals surface area (Å²) in [5.74, 6) is 0.909. The summed E-state index contributed by atoms with van der Waals surface area (Å²) in [5, 5.41) is 9.89. The second-order valence-electron chi connectivity index (χ2n) is 5.12. The summed E-state index contributed by atoms with van der Waals surface area (Å²) in [7, 11) is 1.69. The predicted octanol–water partition coefficient (Wildman–Crippen LogP) is 3.07. The maximum atomic E-state index is 9.89. The molecule has 0 atom stereocenters. The van der Waals surface area contributed by atoms with Gasteiger partial charge in [0.25, 0.3) is 0 Å². The number of hydrogen-bond acceptors (Lipinski definition) is 3. The maximum absolute atomic E-state index is 9.89. The van der Waals surface area contributed by atoms with Crippen molar-refractivity contribution in [2.24, 2.45) is 0 Å². The molecule has 3 heteroatoms. The molecule has 108 valence electrons. The van der Waals surface area contributed by atoms with Crippen molar-refractivity contribution in [3.05, 3.63) is 29.8 Å². The van der Waals surface area contributed by atoms with Gasteiger partial charge in [-0.05, 0) is 37.5 Å². The summed E-state index contributed by atoms with van der Waals surface area (Å²) in [6.07, 6.45) is 1.72. The van der Waals surface area contributed by atoms with Crippen molar-refractivity contribution < 1.29 is 9.84 Å². The minimum absolute atomic E-state index is 0.467. The number of methoxy groups -OCH3 is 1. The van der Waals surface area contributed by atoms with Crippen molar-refractivity contribution in [3.8, 4) is 5.75 Å². The lowest BCUT2D eigenvalue weighted by molar-refractivity contribution is -0.00731. The third-order valence-corrected chi connectivity index (χ3v) is 3.47. The van der Waals surface area contributed by atoms with Crippen LogP contribution in [0.25, 0.3) is 0 Å². The predicted molar refractivity (Wildman–Crippen MR) is 79.5 cm³/mol. The fourth-order valence-corrected chi connectivity index (χ4v) is 2.22. The number of benzene rings is 1. The van der Waals surface area contributed by atoms with Gasteiger partial charge < -0.3 is 9.84 Å². The van der Waals surface area contributed by atoms with E-state index in [0.717, 1.165) is 38.2 Å². The number of ether oxygens (including phenoxy) is 1. The van der Waals surface area contributed by atoms with Gasteiger partial charge in [0.2, 0.25) is 0 Å². The van der Waals surface area contributed by atoms with E-state index in [4.69, 9.17) is 4.74 Å². The van der Waals surface area contributed by atoms with E-state index in [0.29, 0.717) is 0 Å². The molecule has 0 bridgehead atoms. The van der Waals surface area contributed by atoms with Crippen LogP contribution in [0.4, 0.5) is 0 Å². The molecule has 0 aromatic heterocycles. The van der Waals surface area contributed by atoms with Gasteiger partial charge >= 0.3 is 0 Å². The molecule has 2 rings (SSSR count).